The molecule has 1 fully saturated rings. The van der Waals surface area contributed by atoms with Crippen LogP contribution in [0.25, 0.3) is 0 Å². The summed E-state index contributed by atoms with van der Waals surface area (Å²) in [7, 11) is 0. The number of thiazole rings is 1. The fourth-order valence-electron chi connectivity index (χ4n) is 3.07. The molecule has 12 nitrogen and oxygen atoms in total. The van der Waals surface area contributed by atoms with Crippen LogP contribution in [0.2, 0.25) is 0 Å². The standard InChI is InChI=1S/C16H13F2N7O5S4/c17-14(18)30-24-7(6-3-32-15(19)22-6)10(26)23-8-11(27)25-9(13(28)29)5(1-31-12(8)25)2-33-16-20-4-21-34-16/h3-4,8,12,14H,1-2H2,(H2,19,22)(H,23,26)(H,28,29)/b24-7+/t8?,12-/m1/s1. The highest BCUT2D eigenvalue weighted by Crippen LogP contribution is 2.41. The van der Waals surface area contributed by atoms with Crippen LogP contribution in [0.15, 0.2) is 32.5 Å². The first kappa shape index (κ1) is 24.3. The van der Waals surface area contributed by atoms with Crippen LogP contribution in [0, 0.1) is 0 Å². The number of nitrogens with one attached hydrogen (secondary N) is 1. The number of hydrogen-bond acceptors (Lipinski definition) is 13. The number of alkyl halides is 2. The predicted octanol–water partition coefficient (Wildman–Crippen LogP) is 1.05. The molecule has 2 aliphatic rings. The summed E-state index contributed by atoms with van der Waals surface area (Å²) in [5.41, 5.74) is 5.20. The molecule has 0 saturated carbocycles. The third-order valence-corrected chi connectivity index (χ3v) is 8.35. The molecule has 2 aromatic rings. The quantitative estimate of drug-likeness (QED) is 0.177. The Labute approximate surface area is 205 Å². The average Bonchev–Trinajstić information content (AvgIpc) is 3.47. The van der Waals surface area contributed by atoms with Gasteiger partial charge in [0.2, 0.25) is 0 Å². The molecule has 4 heterocycles. The second kappa shape index (κ2) is 10.2. The number of hydrogen-bond donors (Lipinski definition) is 3. The molecule has 2 aromatic heterocycles. The van der Waals surface area contributed by atoms with Crippen molar-refractivity contribution in [2.75, 3.05) is 17.2 Å². The zero-order valence-corrected chi connectivity index (χ0v) is 19.8. The average molecular weight is 550 g/mol. The van der Waals surface area contributed by atoms with Gasteiger partial charge in [-0.1, -0.05) is 16.9 Å². The minimum atomic E-state index is -3.28. The van der Waals surface area contributed by atoms with Gasteiger partial charge in [0, 0.05) is 16.9 Å². The van der Waals surface area contributed by atoms with Crippen molar-refractivity contribution >= 4 is 75.0 Å². The van der Waals surface area contributed by atoms with Crippen molar-refractivity contribution in [3.05, 3.63) is 28.7 Å². The lowest BCUT2D eigenvalue weighted by Crippen LogP contribution is -2.71. The molecule has 1 saturated heterocycles. The van der Waals surface area contributed by atoms with Gasteiger partial charge in [0.15, 0.2) is 15.2 Å². The molecule has 0 aliphatic carbocycles. The molecular weight excluding hydrogens is 536 g/mol. The van der Waals surface area contributed by atoms with E-state index in [0.717, 1.165) is 16.2 Å². The third-order valence-electron chi connectivity index (χ3n) is 4.45. The summed E-state index contributed by atoms with van der Waals surface area (Å²) in [6, 6.07) is -1.10. The van der Waals surface area contributed by atoms with E-state index in [9.17, 15) is 28.3 Å². The lowest BCUT2D eigenvalue weighted by Gasteiger charge is -2.49. The molecule has 0 spiro atoms. The highest BCUT2D eigenvalue weighted by Gasteiger charge is 2.54. The number of carbonyl (C=O) groups excluding carboxylic acids is 2. The lowest BCUT2D eigenvalue weighted by molar-refractivity contribution is -0.150. The number of nitrogens with two attached hydrogens (primary N) is 1. The van der Waals surface area contributed by atoms with Gasteiger partial charge in [0.05, 0.1) is 0 Å². The monoisotopic (exact) mass is 549 g/mol. The van der Waals surface area contributed by atoms with Crippen LogP contribution < -0.4 is 11.1 Å². The summed E-state index contributed by atoms with van der Waals surface area (Å²) in [4.78, 5) is 50.3. The Morgan fingerprint density at radius 2 is 2.26 bits per heavy atom. The molecule has 1 unspecified atom stereocenters. The minimum absolute atomic E-state index is 0.0662. The molecule has 4 N–H and O–H groups in total. The molecule has 180 valence electrons. The smallest absolute Gasteiger partial charge is 0.407 e. The molecule has 2 aliphatic heterocycles. The number of aromatic nitrogens is 3. The number of aliphatic carboxylic acids is 1. The van der Waals surface area contributed by atoms with Crippen molar-refractivity contribution in [2.24, 2.45) is 5.16 Å². The first-order chi connectivity index (χ1) is 16.3. The Morgan fingerprint density at radius 1 is 1.47 bits per heavy atom. The normalized spacial score (nSPS) is 20.3. The van der Waals surface area contributed by atoms with Crippen LogP contribution >= 0.6 is 46.4 Å². The summed E-state index contributed by atoms with van der Waals surface area (Å²) in [6.07, 6.45) is 1.39. The largest absolute Gasteiger partial charge is 0.477 e. The topological polar surface area (TPSA) is 173 Å². The zero-order chi connectivity index (χ0) is 24.4. The van der Waals surface area contributed by atoms with Crippen LogP contribution in [0.1, 0.15) is 5.69 Å². The number of anilines is 1. The Kier molecular flexibility index (Phi) is 7.29. The van der Waals surface area contributed by atoms with E-state index in [2.05, 4.69) is 29.7 Å². The van der Waals surface area contributed by atoms with E-state index in [4.69, 9.17) is 5.73 Å². The van der Waals surface area contributed by atoms with Gasteiger partial charge in [0.25, 0.3) is 11.8 Å². The number of thioether (sulfide) groups is 2. The summed E-state index contributed by atoms with van der Waals surface area (Å²) < 4.78 is 29.5. The van der Waals surface area contributed by atoms with Crippen LogP contribution in [0.4, 0.5) is 13.9 Å². The Hall–Kier alpha value is -2.83. The maximum absolute atomic E-state index is 12.8. The highest BCUT2D eigenvalue weighted by atomic mass is 32.2. The number of nitrogen functional groups attached to an aromatic ring is 1. The third kappa shape index (κ3) is 4.98. The number of oxime groups is 1. The molecule has 34 heavy (non-hydrogen) atoms. The molecule has 2 atom stereocenters. The molecule has 0 aromatic carbocycles. The van der Waals surface area contributed by atoms with Crippen molar-refractivity contribution in [3.8, 4) is 0 Å². The fourth-order valence-corrected chi connectivity index (χ4v) is 6.55. The molecule has 4 rings (SSSR count). The van der Waals surface area contributed by atoms with Gasteiger partial charge in [-0.2, -0.15) is 13.2 Å². The van der Waals surface area contributed by atoms with E-state index in [1.807, 2.05) is 0 Å². The number of fused-ring (bicyclic) bond motifs is 1. The number of halogens is 2. The van der Waals surface area contributed by atoms with Crippen molar-refractivity contribution in [1.29, 1.82) is 0 Å². The van der Waals surface area contributed by atoms with Gasteiger partial charge in [-0.05, 0) is 17.1 Å². The van der Waals surface area contributed by atoms with Crippen LogP contribution in [-0.2, 0) is 19.2 Å². The van der Waals surface area contributed by atoms with Crippen molar-refractivity contribution < 1.29 is 33.1 Å². The van der Waals surface area contributed by atoms with Gasteiger partial charge in [-0.25, -0.2) is 14.8 Å². The second-order valence-electron chi connectivity index (χ2n) is 6.49. The Morgan fingerprint density at radius 3 is 2.88 bits per heavy atom. The van der Waals surface area contributed by atoms with E-state index >= 15 is 0 Å². The summed E-state index contributed by atoms with van der Waals surface area (Å²) in [5, 5.41) is 16.0. The number of carboxylic acids is 1. The van der Waals surface area contributed by atoms with E-state index in [0.29, 0.717) is 21.4 Å². The summed E-state index contributed by atoms with van der Waals surface area (Å²) in [5.74, 6) is -2.34. The van der Waals surface area contributed by atoms with Crippen LogP contribution in [0.3, 0.4) is 0 Å². The number of amides is 2. The number of β-lactam (4-membered cyclic amide) rings is 1. The summed E-state index contributed by atoms with van der Waals surface area (Å²) in [6.45, 7) is -3.28. The van der Waals surface area contributed by atoms with Crippen LogP contribution in [0.5, 0.6) is 0 Å². The molecule has 18 heteroatoms. The van der Waals surface area contributed by atoms with E-state index < -0.39 is 41.5 Å². The van der Waals surface area contributed by atoms with E-state index in [1.54, 1.807) is 0 Å². The fraction of sp³-hybridized carbons (Fsp3) is 0.312. The van der Waals surface area contributed by atoms with Gasteiger partial charge in [-0.3, -0.25) is 14.5 Å². The van der Waals surface area contributed by atoms with Crippen molar-refractivity contribution in [1.82, 2.24) is 24.6 Å². The van der Waals surface area contributed by atoms with Gasteiger partial charge >= 0.3 is 12.6 Å². The number of carbonyl (C=O) groups is 3. The van der Waals surface area contributed by atoms with Gasteiger partial charge in [-0.15, -0.1) is 23.1 Å². The highest BCUT2D eigenvalue weighted by molar-refractivity contribution is 8.01. The maximum Gasteiger partial charge on any atom is 0.407 e. The van der Waals surface area contributed by atoms with E-state index in [-0.39, 0.29) is 16.5 Å². The molecule has 0 radical (unpaired) electrons. The number of rotatable bonds is 9. The first-order valence-corrected chi connectivity index (χ1v) is 12.8. The number of carboxylic acid groups (broad SMARTS) is 1. The lowest BCUT2D eigenvalue weighted by atomic mass is 10.0. The summed E-state index contributed by atoms with van der Waals surface area (Å²) >= 11 is 4.68. The Bertz CT molecular complexity index is 1170. The number of nitrogens with zero attached hydrogens (tertiary/aromatic N) is 5. The van der Waals surface area contributed by atoms with Gasteiger partial charge < -0.3 is 21.0 Å². The molecular formula is C16H13F2N7O5S4. The zero-order valence-electron chi connectivity index (χ0n) is 16.6. The SMILES string of the molecule is Nc1nc(/C(=N\OC(F)F)C(=O)NC2C(=O)N3C(C(=O)O)=C(CSc4ncns4)CS[C@H]23)cs1. The minimum Gasteiger partial charge on any atom is -0.477 e. The van der Waals surface area contributed by atoms with Crippen molar-refractivity contribution in [2.45, 2.75) is 22.4 Å². The maximum atomic E-state index is 12.8. The van der Waals surface area contributed by atoms with Crippen molar-refractivity contribution in [3.63, 3.8) is 0 Å². The predicted molar refractivity (Wildman–Crippen MR) is 120 cm³/mol. The van der Waals surface area contributed by atoms with E-state index in [1.165, 1.54) is 46.8 Å². The first-order valence-electron chi connectivity index (χ1n) is 9.10. The molecule has 0 bridgehead atoms. The second-order valence-corrected chi connectivity index (χ2v) is 10.5. The van der Waals surface area contributed by atoms with Crippen LogP contribution in [-0.4, -0.2) is 77.4 Å². The molecule has 2 amide bonds. The Balaban J connectivity index is 1.50. The van der Waals surface area contributed by atoms with Gasteiger partial charge in [0.1, 0.15) is 29.1 Å².